The van der Waals surface area contributed by atoms with Crippen molar-refractivity contribution in [2.75, 3.05) is 151 Å². The third kappa shape index (κ3) is 18.2. The van der Waals surface area contributed by atoms with E-state index in [0.717, 1.165) is 4.90 Å². The largest absolute Gasteiger partial charge is 0.467 e. The number of hydrogen-bond acceptors (Lipinski definition) is 17. The number of amides is 4. The molecule has 1 aromatic rings. The lowest BCUT2D eigenvalue weighted by Crippen LogP contribution is -2.54. The molecule has 310 valence electrons. The van der Waals surface area contributed by atoms with Crippen LogP contribution >= 0.6 is 0 Å². The molecule has 55 heavy (non-hydrogen) atoms. The Morgan fingerprint density at radius 1 is 0.636 bits per heavy atom. The van der Waals surface area contributed by atoms with E-state index in [1.54, 1.807) is 18.2 Å². The Morgan fingerprint density at radius 3 is 1.51 bits per heavy atom. The molecule has 1 aromatic carbocycles. The van der Waals surface area contributed by atoms with Gasteiger partial charge >= 0.3 is 5.97 Å². The summed E-state index contributed by atoms with van der Waals surface area (Å²) in [5, 5.41) is 5.32. The maximum absolute atomic E-state index is 13.1. The minimum Gasteiger partial charge on any atom is -0.467 e. The second-order valence-corrected chi connectivity index (χ2v) is 11.7. The van der Waals surface area contributed by atoms with Crippen LogP contribution in [0.2, 0.25) is 0 Å². The molecule has 1 saturated heterocycles. The number of imide groups is 2. The van der Waals surface area contributed by atoms with Crippen LogP contribution in [0, 0.1) is 0 Å². The topological polar surface area (TPSA) is 214 Å². The average Bonchev–Trinajstić information content (AvgIpc) is 3.44. The van der Waals surface area contributed by atoms with Crippen molar-refractivity contribution in [3.8, 4) is 0 Å². The van der Waals surface area contributed by atoms with Crippen molar-refractivity contribution in [1.29, 1.82) is 0 Å². The zero-order valence-corrected chi connectivity index (χ0v) is 31.6. The Bertz CT molecular complexity index is 1300. The van der Waals surface area contributed by atoms with Gasteiger partial charge in [-0.2, -0.15) is 0 Å². The molecule has 0 aliphatic carbocycles. The van der Waals surface area contributed by atoms with Gasteiger partial charge < -0.3 is 57.4 Å². The van der Waals surface area contributed by atoms with Gasteiger partial charge in [0.15, 0.2) is 0 Å². The van der Waals surface area contributed by atoms with E-state index < -0.39 is 35.6 Å². The summed E-state index contributed by atoms with van der Waals surface area (Å²) < 4.78 is 58.7. The molecule has 19 heteroatoms. The number of nitrogens with one attached hydrogen (secondary N) is 2. The van der Waals surface area contributed by atoms with Crippen LogP contribution in [0.25, 0.3) is 0 Å². The van der Waals surface area contributed by atoms with Gasteiger partial charge in [0.25, 0.3) is 11.8 Å². The first-order valence-corrected chi connectivity index (χ1v) is 18.4. The first-order chi connectivity index (χ1) is 26.9. The van der Waals surface area contributed by atoms with Crippen molar-refractivity contribution in [2.45, 2.75) is 18.9 Å². The lowest BCUT2D eigenvalue weighted by Gasteiger charge is -2.27. The van der Waals surface area contributed by atoms with E-state index in [-0.39, 0.29) is 30.6 Å². The normalized spacial score (nSPS) is 15.4. The highest BCUT2D eigenvalue weighted by Gasteiger charge is 2.45. The first kappa shape index (κ1) is 45.8. The number of benzene rings is 1. The van der Waals surface area contributed by atoms with Gasteiger partial charge in [0.05, 0.1) is 144 Å². The fourth-order valence-corrected chi connectivity index (χ4v) is 5.11. The van der Waals surface area contributed by atoms with Crippen LogP contribution in [0.1, 0.15) is 33.6 Å². The molecule has 2 N–H and O–H groups in total. The van der Waals surface area contributed by atoms with Crippen LogP contribution in [-0.4, -0.2) is 186 Å². The van der Waals surface area contributed by atoms with Crippen LogP contribution in [0.5, 0.6) is 0 Å². The molecule has 1 unspecified atom stereocenters. The van der Waals surface area contributed by atoms with E-state index >= 15 is 0 Å². The van der Waals surface area contributed by atoms with Gasteiger partial charge in [-0.3, -0.25) is 29.4 Å². The number of esters is 1. The molecular weight excluding hydrogens is 730 g/mol. The van der Waals surface area contributed by atoms with E-state index in [9.17, 15) is 24.0 Å². The molecule has 2 aliphatic rings. The van der Waals surface area contributed by atoms with Crippen LogP contribution in [0.15, 0.2) is 18.2 Å². The molecule has 1 atom stereocenters. The predicted molar refractivity (Wildman–Crippen MR) is 192 cm³/mol. The van der Waals surface area contributed by atoms with Gasteiger partial charge in [0.2, 0.25) is 11.8 Å². The quantitative estimate of drug-likeness (QED) is 0.0528. The molecule has 0 radical (unpaired) electrons. The molecule has 0 spiro atoms. The molecule has 0 saturated carbocycles. The SMILES string of the molecule is COC(=O)COCCOCCOCCOCCOCCOCCOCCOCCOCCOCCNc1cccc2c1C(=O)N(C1CCC(=O)NC1=O)C2=O. The molecule has 0 aromatic heterocycles. The summed E-state index contributed by atoms with van der Waals surface area (Å²) in [5.41, 5.74) is 0.894. The maximum Gasteiger partial charge on any atom is 0.331 e. The summed E-state index contributed by atoms with van der Waals surface area (Å²) in [6, 6.07) is 3.89. The minimum absolute atomic E-state index is 0.0624. The van der Waals surface area contributed by atoms with Crippen LogP contribution < -0.4 is 10.6 Å². The summed E-state index contributed by atoms with van der Waals surface area (Å²) in [6.45, 7) is 8.30. The van der Waals surface area contributed by atoms with Crippen molar-refractivity contribution in [2.24, 2.45) is 0 Å². The van der Waals surface area contributed by atoms with E-state index in [4.69, 9.17) is 47.4 Å². The van der Waals surface area contributed by atoms with Crippen LogP contribution in [0.4, 0.5) is 5.69 Å². The Morgan fingerprint density at radius 2 is 1.07 bits per heavy atom. The highest BCUT2D eigenvalue weighted by atomic mass is 16.6. The Hall–Kier alpha value is -3.63. The summed E-state index contributed by atoms with van der Waals surface area (Å²) in [7, 11) is 1.31. The second-order valence-electron chi connectivity index (χ2n) is 11.7. The highest BCUT2D eigenvalue weighted by molar-refractivity contribution is 6.25. The molecule has 2 heterocycles. The Balaban J connectivity index is 1.01. The van der Waals surface area contributed by atoms with E-state index in [1.807, 2.05) is 0 Å². The van der Waals surface area contributed by atoms with Crippen molar-refractivity contribution >= 4 is 35.3 Å². The highest BCUT2D eigenvalue weighted by Crippen LogP contribution is 2.32. The molecular formula is C36H55N3O16. The van der Waals surface area contributed by atoms with E-state index in [0.29, 0.717) is 138 Å². The number of carbonyl (C=O) groups excluding carboxylic acids is 5. The average molecular weight is 786 g/mol. The van der Waals surface area contributed by atoms with Crippen molar-refractivity contribution in [1.82, 2.24) is 10.2 Å². The van der Waals surface area contributed by atoms with Crippen molar-refractivity contribution in [3.05, 3.63) is 29.3 Å². The number of carbonyl (C=O) groups is 5. The van der Waals surface area contributed by atoms with Crippen LogP contribution in [-0.2, 0) is 66.5 Å². The standard InChI is InChI=1S/C36H55N3O16/c1-45-32(41)27-55-26-25-54-24-23-53-22-21-52-20-19-51-18-17-50-16-15-49-14-13-48-12-11-47-10-9-46-8-7-37-29-4-2-3-28-33(29)36(44)39(35(28)43)30-5-6-31(40)38-34(30)42/h2-4,30,37H,5-27H2,1H3,(H,38,40,42). The number of rotatable bonds is 34. The lowest BCUT2D eigenvalue weighted by atomic mass is 10.0. The molecule has 2 aliphatic heterocycles. The Labute approximate surface area is 320 Å². The predicted octanol–water partition coefficient (Wildman–Crippen LogP) is -0.161. The van der Waals surface area contributed by atoms with E-state index in [1.165, 1.54) is 7.11 Å². The van der Waals surface area contributed by atoms with Gasteiger partial charge in [0.1, 0.15) is 12.6 Å². The minimum atomic E-state index is -1.01. The first-order valence-electron chi connectivity index (χ1n) is 18.4. The fraction of sp³-hybridized carbons (Fsp3) is 0.694. The third-order valence-corrected chi connectivity index (χ3v) is 7.83. The fourth-order valence-electron chi connectivity index (χ4n) is 5.11. The molecule has 0 bridgehead atoms. The van der Waals surface area contributed by atoms with Crippen molar-refractivity contribution < 1.29 is 76.1 Å². The third-order valence-electron chi connectivity index (χ3n) is 7.83. The molecule has 1 fully saturated rings. The van der Waals surface area contributed by atoms with Gasteiger partial charge in [-0.05, 0) is 18.6 Å². The van der Waals surface area contributed by atoms with E-state index in [2.05, 4.69) is 15.4 Å². The second kappa shape index (κ2) is 28.7. The summed E-state index contributed by atoms with van der Waals surface area (Å²) in [5.74, 6) is -2.60. The zero-order chi connectivity index (χ0) is 39.4. The van der Waals surface area contributed by atoms with Gasteiger partial charge in [0, 0.05) is 18.7 Å². The van der Waals surface area contributed by atoms with Gasteiger partial charge in [-0.1, -0.05) is 6.07 Å². The number of hydrogen-bond donors (Lipinski definition) is 2. The monoisotopic (exact) mass is 785 g/mol. The number of methoxy groups -OCH3 is 1. The van der Waals surface area contributed by atoms with Gasteiger partial charge in [-0.25, -0.2) is 4.79 Å². The zero-order valence-electron chi connectivity index (χ0n) is 31.6. The molecule has 4 amide bonds. The summed E-state index contributed by atoms with van der Waals surface area (Å²) >= 11 is 0. The van der Waals surface area contributed by atoms with Crippen LogP contribution in [0.3, 0.4) is 0 Å². The smallest absolute Gasteiger partial charge is 0.331 e. The Kier molecular flexibility index (Phi) is 23.9. The number of anilines is 1. The van der Waals surface area contributed by atoms with Gasteiger partial charge in [-0.15, -0.1) is 0 Å². The molecule has 19 nitrogen and oxygen atoms in total. The summed E-state index contributed by atoms with van der Waals surface area (Å²) in [6.07, 6.45) is 0.163. The molecule has 3 rings (SSSR count). The number of nitrogens with zero attached hydrogens (tertiary/aromatic N) is 1. The summed E-state index contributed by atoms with van der Waals surface area (Å²) in [4.78, 5) is 61.7. The van der Waals surface area contributed by atoms with Crippen molar-refractivity contribution in [3.63, 3.8) is 0 Å². The lowest BCUT2D eigenvalue weighted by molar-refractivity contribution is -0.146. The number of ether oxygens (including phenoxy) is 11. The number of fused-ring (bicyclic) bond motifs is 1. The number of piperidine rings is 1. The maximum atomic E-state index is 13.1.